The zero-order valence-electron chi connectivity index (χ0n) is 10.7. The molecule has 6 heteroatoms. The van der Waals surface area contributed by atoms with Crippen molar-refractivity contribution in [3.63, 3.8) is 0 Å². The Balaban J connectivity index is 2.59. The standard InChI is InChI=1S/C13H14N2O3S/c1-8-5-13(19-9(2)7-16)11-6-10(15(17)18)3-4-12(11)14-8/h3-6,9,16H,7H2,1-2H3. The van der Waals surface area contributed by atoms with Crippen LogP contribution in [0.2, 0.25) is 0 Å². The van der Waals surface area contributed by atoms with E-state index in [4.69, 9.17) is 5.11 Å². The Morgan fingerprint density at radius 3 is 2.84 bits per heavy atom. The number of fused-ring (bicyclic) bond motifs is 1. The quantitative estimate of drug-likeness (QED) is 0.528. The highest BCUT2D eigenvalue weighted by molar-refractivity contribution is 8.00. The Bertz CT molecular complexity index is 631. The van der Waals surface area contributed by atoms with Crippen LogP contribution in [0.4, 0.5) is 5.69 Å². The molecule has 1 aromatic carbocycles. The molecule has 0 aliphatic carbocycles. The van der Waals surface area contributed by atoms with Gasteiger partial charge in [0.05, 0.1) is 17.0 Å². The number of rotatable bonds is 4. The first-order valence-electron chi connectivity index (χ1n) is 5.84. The van der Waals surface area contributed by atoms with Gasteiger partial charge < -0.3 is 5.11 Å². The summed E-state index contributed by atoms with van der Waals surface area (Å²) < 4.78 is 0. The fourth-order valence-corrected chi connectivity index (χ4v) is 2.81. The number of hydrogen-bond donors (Lipinski definition) is 1. The number of nitrogens with zero attached hydrogens (tertiary/aromatic N) is 2. The minimum absolute atomic E-state index is 0.0317. The van der Waals surface area contributed by atoms with Gasteiger partial charge in [-0.15, -0.1) is 11.8 Å². The molecule has 0 radical (unpaired) electrons. The zero-order chi connectivity index (χ0) is 14.0. The molecule has 5 nitrogen and oxygen atoms in total. The first kappa shape index (κ1) is 13.8. The van der Waals surface area contributed by atoms with Crippen LogP contribution in [0.1, 0.15) is 12.6 Å². The van der Waals surface area contributed by atoms with E-state index in [1.54, 1.807) is 6.07 Å². The number of benzene rings is 1. The van der Waals surface area contributed by atoms with Crippen LogP contribution in [0.5, 0.6) is 0 Å². The second-order valence-corrected chi connectivity index (χ2v) is 5.81. The van der Waals surface area contributed by atoms with Gasteiger partial charge in [0.1, 0.15) is 0 Å². The van der Waals surface area contributed by atoms with Gasteiger partial charge in [0.15, 0.2) is 0 Å². The summed E-state index contributed by atoms with van der Waals surface area (Å²) in [4.78, 5) is 15.7. The van der Waals surface area contributed by atoms with Gasteiger partial charge in [-0.05, 0) is 19.1 Å². The highest BCUT2D eigenvalue weighted by Crippen LogP contribution is 2.32. The summed E-state index contributed by atoms with van der Waals surface area (Å²) in [5.41, 5.74) is 1.64. The molecule has 0 saturated carbocycles. The van der Waals surface area contributed by atoms with E-state index in [0.29, 0.717) is 0 Å². The lowest BCUT2D eigenvalue weighted by Gasteiger charge is -2.11. The third-order valence-corrected chi connectivity index (χ3v) is 3.82. The number of aliphatic hydroxyl groups is 1. The molecular weight excluding hydrogens is 264 g/mol. The maximum Gasteiger partial charge on any atom is 0.270 e. The van der Waals surface area contributed by atoms with Gasteiger partial charge >= 0.3 is 0 Å². The number of aliphatic hydroxyl groups excluding tert-OH is 1. The van der Waals surface area contributed by atoms with Gasteiger partial charge in [-0.3, -0.25) is 15.1 Å². The summed E-state index contributed by atoms with van der Waals surface area (Å²) in [5.74, 6) is 0. The number of aromatic nitrogens is 1. The van der Waals surface area contributed by atoms with Crippen molar-refractivity contribution in [2.75, 3.05) is 6.61 Å². The number of aryl methyl sites for hydroxylation is 1. The second kappa shape index (κ2) is 5.54. The highest BCUT2D eigenvalue weighted by atomic mass is 32.2. The number of thioether (sulfide) groups is 1. The smallest absolute Gasteiger partial charge is 0.270 e. The molecule has 2 aromatic rings. The summed E-state index contributed by atoms with van der Waals surface area (Å²) in [7, 11) is 0. The monoisotopic (exact) mass is 278 g/mol. The molecular formula is C13H14N2O3S. The van der Waals surface area contributed by atoms with Crippen molar-refractivity contribution >= 4 is 28.4 Å². The molecule has 1 N–H and O–H groups in total. The van der Waals surface area contributed by atoms with Gasteiger partial charge in [0, 0.05) is 33.4 Å². The van der Waals surface area contributed by atoms with Gasteiger partial charge in [-0.2, -0.15) is 0 Å². The van der Waals surface area contributed by atoms with E-state index in [9.17, 15) is 10.1 Å². The third kappa shape index (κ3) is 3.02. The molecule has 0 aliphatic rings. The first-order valence-corrected chi connectivity index (χ1v) is 6.72. The first-order chi connectivity index (χ1) is 9.01. The fraction of sp³-hybridized carbons (Fsp3) is 0.308. The van der Waals surface area contributed by atoms with E-state index >= 15 is 0 Å². The highest BCUT2D eigenvalue weighted by Gasteiger charge is 2.13. The number of non-ortho nitro benzene ring substituents is 1. The van der Waals surface area contributed by atoms with E-state index in [1.807, 2.05) is 19.9 Å². The lowest BCUT2D eigenvalue weighted by Crippen LogP contribution is -2.02. The Labute approximate surface area is 114 Å². The lowest BCUT2D eigenvalue weighted by atomic mass is 10.2. The Kier molecular flexibility index (Phi) is 4.01. The van der Waals surface area contributed by atoms with E-state index < -0.39 is 4.92 Å². The summed E-state index contributed by atoms with van der Waals surface area (Å²) in [6.45, 7) is 3.85. The molecule has 1 unspecified atom stereocenters. The Morgan fingerprint density at radius 1 is 1.47 bits per heavy atom. The third-order valence-electron chi connectivity index (χ3n) is 2.68. The average molecular weight is 278 g/mol. The number of nitro benzene ring substituents is 1. The Morgan fingerprint density at radius 2 is 2.21 bits per heavy atom. The molecule has 19 heavy (non-hydrogen) atoms. The molecule has 0 saturated heterocycles. The Hall–Kier alpha value is -1.66. The minimum Gasteiger partial charge on any atom is -0.395 e. The van der Waals surface area contributed by atoms with E-state index in [2.05, 4.69) is 4.98 Å². The lowest BCUT2D eigenvalue weighted by molar-refractivity contribution is -0.384. The van der Waals surface area contributed by atoms with Crippen LogP contribution in [0, 0.1) is 17.0 Å². The molecule has 0 fully saturated rings. The van der Waals surface area contributed by atoms with Gasteiger partial charge in [-0.25, -0.2) is 0 Å². The van der Waals surface area contributed by atoms with Gasteiger partial charge in [0.25, 0.3) is 5.69 Å². The molecule has 0 spiro atoms. The van der Waals surface area contributed by atoms with Crippen LogP contribution in [0.3, 0.4) is 0 Å². The van der Waals surface area contributed by atoms with Crippen LogP contribution in [-0.4, -0.2) is 26.9 Å². The van der Waals surface area contributed by atoms with Crippen molar-refractivity contribution < 1.29 is 10.0 Å². The average Bonchev–Trinajstić information content (AvgIpc) is 2.37. The van der Waals surface area contributed by atoms with E-state index in [1.165, 1.54) is 23.9 Å². The van der Waals surface area contributed by atoms with Gasteiger partial charge in [-0.1, -0.05) is 6.92 Å². The van der Waals surface area contributed by atoms with Crippen LogP contribution in [0.25, 0.3) is 10.9 Å². The second-order valence-electron chi connectivity index (χ2n) is 4.33. The summed E-state index contributed by atoms with van der Waals surface area (Å²) in [6.07, 6.45) is 0. The van der Waals surface area contributed by atoms with Crippen LogP contribution in [-0.2, 0) is 0 Å². The maximum atomic E-state index is 10.8. The fourth-order valence-electron chi connectivity index (χ4n) is 1.77. The zero-order valence-corrected chi connectivity index (χ0v) is 11.5. The van der Waals surface area contributed by atoms with Crippen molar-refractivity contribution in [1.82, 2.24) is 4.98 Å². The minimum atomic E-state index is -0.413. The van der Waals surface area contributed by atoms with Gasteiger partial charge in [0.2, 0.25) is 0 Å². The SMILES string of the molecule is Cc1cc(SC(C)CO)c2cc([N+](=O)[O-])ccc2n1. The molecule has 2 rings (SSSR count). The van der Waals surface area contributed by atoms with Crippen molar-refractivity contribution in [1.29, 1.82) is 0 Å². The van der Waals surface area contributed by atoms with Crippen molar-refractivity contribution in [3.8, 4) is 0 Å². The normalized spacial score (nSPS) is 12.6. The van der Waals surface area contributed by atoms with Crippen LogP contribution < -0.4 is 0 Å². The molecule has 1 heterocycles. The molecule has 0 amide bonds. The molecule has 100 valence electrons. The predicted molar refractivity (Wildman–Crippen MR) is 75.5 cm³/mol. The maximum absolute atomic E-state index is 10.8. The van der Waals surface area contributed by atoms with Crippen LogP contribution >= 0.6 is 11.8 Å². The van der Waals surface area contributed by atoms with E-state index in [0.717, 1.165) is 21.5 Å². The van der Waals surface area contributed by atoms with Crippen molar-refractivity contribution in [2.45, 2.75) is 24.0 Å². The molecule has 0 aliphatic heterocycles. The van der Waals surface area contributed by atoms with Crippen molar-refractivity contribution in [3.05, 3.63) is 40.1 Å². The number of nitro groups is 1. The van der Waals surface area contributed by atoms with E-state index in [-0.39, 0.29) is 17.5 Å². The topological polar surface area (TPSA) is 76.3 Å². The van der Waals surface area contributed by atoms with Crippen LogP contribution in [0.15, 0.2) is 29.2 Å². The number of pyridine rings is 1. The number of hydrogen-bond acceptors (Lipinski definition) is 5. The summed E-state index contributed by atoms with van der Waals surface area (Å²) in [6, 6.07) is 6.55. The summed E-state index contributed by atoms with van der Waals surface area (Å²) >= 11 is 1.50. The molecule has 1 aromatic heterocycles. The molecule has 1 atom stereocenters. The predicted octanol–water partition coefficient (Wildman–Crippen LogP) is 2.92. The largest absolute Gasteiger partial charge is 0.395 e. The molecule has 0 bridgehead atoms. The van der Waals surface area contributed by atoms with Crippen molar-refractivity contribution in [2.24, 2.45) is 0 Å². The summed E-state index contributed by atoms with van der Waals surface area (Å²) in [5, 5.41) is 20.8.